The standard InChI is InChI=1S/C12H11BrN2S/c13-10-4-2-1-3-9(10)8-16-12-5-6-15-7-11(12)14/h1-7H,8,14H2. The third-order valence-electron chi connectivity index (χ3n) is 2.15. The molecule has 0 fully saturated rings. The average molecular weight is 295 g/mol. The number of nitrogens with two attached hydrogens (primary N) is 1. The largest absolute Gasteiger partial charge is 0.397 e. The zero-order valence-corrected chi connectivity index (χ0v) is 11.0. The van der Waals surface area contributed by atoms with Crippen LogP contribution in [0.1, 0.15) is 5.56 Å². The predicted octanol–water partition coefficient (Wildman–Crippen LogP) is 3.72. The van der Waals surface area contributed by atoms with Crippen LogP contribution in [0.15, 0.2) is 52.1 Å². The molecule has 2 nitrogen and oxygen atoms in total. The Bertz CT molecular complexity index is 442. The Morgan fingerprint density at radius 2 is 2.06 bits per heavy atom. The summed E-state index contributed by atoms with van der Waals surface area (Å²) < 4.78 is 1.13. The van der Waals surface area contributed by atoms with E-state index in [0.29, 0.717) is 0 Å². The summed E-state index contributed by atoms with van der Waals surface area (Å²) in [4.78, 5) is 5.04. The van der Waals surface area contributed by atoms with E-state index in [9.17, 15) is 0 Å². The minimum atomic E-state index is 0.736. The van der Waals surface area contributed by atoms with E-state index in [0.717, 1.165) is 20.8 Å². The third kappa shape index (κ3) is 2.77. The third-order valence-corrected chi connectivity index (χ3v) is 4.06. The molecule has 0 saturated heterocycles. The lowest BCUT2D eigenvalue weighted by Crippen LogP contribution is -1.90. The van der Waals surface area contributed by atoms with Gasteiger partial charge in [-0.15, -0.1) is 11.8 Å². The molecule has 1 heterocycles. The predicted molar refractivity (Wildman–Crippen MR) is 72.4 cm³/mol. The van der Waals surface area contributed by atoms with E-state index in [-0.39, 0.29) is 0 Å². The molecule has 0 radical (unpaired) electrons. The number of nitrogens with zero attached hydrogens (tertiary/aromatic N) is 1. The summed E-state index contributed by atoms with van der Waals surface area (Å²) in [7, 11) is 0. The van der Waals surface area contributed by atoms with Crippen LogP contribution in [0.25, 0.3) is 0 Å². The highest BCUT2D eigenvalue weighted by molar-refractivity contribution is 9.10. The molecule has 1 aromatic carbocycles. The van der Waals surface area contributed by atoms with Gasteiger partial charge in [-0.2, -0.15) is 0 Å². The molecule has 0 atom stereocenters. The molecule has 0 saturated carbocycles. The van der Waals surface area contributed by atoms with E-state index in [2.05, 4.69) is 27.0 Å². The quantitative estimate of drug-likeness (QED) is 0.877. The van der Waals surface area contributed by atoms with Gasteiger partial charge in [0, 0.05) is 21.3 Å². The number of rotatable bonds is 3. The van der Waals surface area contributed by atoms with E-state index in [1.807, 2.05) is 24.3 Å². The highest BCUT2D eigenvalue weighted by Gasteiger charge is 2.02. The number of thioether (sulfide) groups is 1. The number of hydrogen-bond donors (Lipinski definition) is 1. The zero-order chi connectivity index (χ0) is 11.4. The first-order chi connectivity index (χ1) is 7.77. The van der Waals surface area contributed by atoms with Crippen LogP contribution in [0.5, 0.6) is 0 Å². The van der Waals surface area contributed by atoms with Gasteiger partial charge >= 0.3 is 0 Å². The van der Waals surface area contributed by atoms with Crippen LogP contribution in [0.3, 0.4) is 0 Å². The molecule has 2 rings (SSSR count). The Kier molecular flexibility index (Phi) is 3.85. The average Bonchev–Trinajstić information content (AvgIpc) is 2.30. The number of aromatic nitrogens is 1. The van der Waals surface area contributed by atoms with Gasteiger partial charge in [-0.25, -0.2) is 0 Å². The van der Waals surface area contributed by atoms with Gasteiger partial charge in [-0.1, -0.05) is 34.1 Å². The maximum Gasteiger partial charge on any atom is 0.0638 e. The van der Waals surface area contributed by atoms with E-state index in [1.54, 1.807) is 24.2 Å². The second kappa shape index (κ2) is 5.37. The molecule has 0 spiro atoms. The van der Waals surface area contributed by atoms with Gasteiger partial charge in [-0.3, -0.25) is 4.98 Å². The monoisotopic (exact) mass is 294 g/mol. The Hall–Kier alpha value is -1.00. The van der Waals surface area contributed by atoms with Gasteiger partial charge in [0.25, 0.3) is 0 Å². The number of benzene rings is 1. The Labute approximate surface area is 107 Å². The molecular weight excluding hydrogens is 284 g/mol. The smallest absolute Gasteiger partial charge is 0.0638 e. The summed E-state index contributed by atoms with van der Waals surface area (Å²) in [6, 6.07) is 10.1. The lowest BCUT2D eigenvalue weighted by atomic mass is 10.2. The van der Waals surface area contributed by atoms with Crippen LogP contribution in [0, 0.1) is 0 Å². The van der Waals surface area contributed by atoms with Crippen LogP contribution in [-0.4, -0.2) is 4.98 Å². The fourth-order valence-electron chi connectivity index (χ4n) is 1.30. The maximum atomic E-state index is 5.83. The maximum absolute atomic E-state index is 5.83. The van der Waals surface area contributed by atoms with E-state index in [4.69, 9.17) is 5.73 Å². The van der Waals surface area contributed by atoms with Crippen molar-refractivity contribution in [3.8, 4) is 0 Å². The molecule has 2 N–H and O–H groups in total. The molecule has 82 valence electrons. The second-order valence-corrected chi connectivity index (χ2v) is 5.17. The molecule has 4 heteroatoms. The Morgan fingerprint density at radius 1 is 1.25 bits per heavy atom. The molecule has 0 aliphatic rings. The number of pyridine rings is 1. The summed E-state index contributed by atoms with van der Waals surface area (Å²) in [6.07, 6.45) is 3.45. The van der Waals surface area contributed by atoms with Crippen molar-refractivity contribution in [3.63, 3.8) is 0 Å². The van der Waals surface area contributed by atoms with Crippen LogP contribution in [0.2, 0.25) is 0 Å². The number of halogens is 1. The van der Waals surface area contributed by atoms with Crippen molar-refractivity contribution in [2.45, 2.75) is 10.6 Å². The molecular formula is C12H11BrN2S. The molecule has 0 bridgehead atoms. The summed E-state index contributed by atoms with van der Waals surface area (Å²) >= 11 is 5.25. The minimum absolute atomic E-state index is 0.736. The first kappa shape index (κ1) is 11.5. The summed E-state index contributed by atoms with van der Waals surface area (Å²) in [5.74, 6) is 0.898. The molecule has 0 unspecified atom stereocenters. The van der Waals surface area contributed by atoms with Crippen molar-refractivity contribution in [3.05, 3.63) is 52.8 Å². The van der Waals surface area contributed by atoms with Gasteiger partial charge in [0.2, 0.25) is 0 Å². The normalized spacial score (nSPS) is 10.3. The van der Waals surface area contributed by atoms with Gasteiger partial charge in [0.15, 0.2) is 0 Å². The van der Waals surface area contributed by atoms with Gasteiger partial charge in [-0.05, 0) is 17.7 Å². The molecule has 16 heavy (non-hydrogen) atoms. The van der Waals surface area contributed by atoms with Gasteiger partial charge < -0.3 is 5.73 Å². The lowest BCUT2D eigenvalue weighted by Gasteiger charge is -2.06. The second-order valence-electron chi connectivity index (χ2n) is 3.29. The van der Waals surface area contributed by atoms with Crippen molar-refractivity contribution in [1.82, 2.24) is 4.98 Å². The molecule has 2 aromatic rings. The van der Waals surface area contributed by atoms with E-state index < -0.39 is 0 Å². The van der Waals surface area contributed by atoms with Crippen molar-refractivity contribution < 1.29 is 0 Å². The lowest BCUT2D eigenvalue weighted by molar-refractivity contribution is 1.26. The van der Waals surface area contributed by atoms with Crippen molar-refractivity contribution in [2.75, 3.05) is 5.73 Å². The Balaban J connectivity index is 2.09. The van der Waals surface area contributed by atoms with E-state index >= 15 is 0 Å². The summed E-state index contributed by atoms with van der Waals surface area (Å²) in [6.45, 7) is 0. The highest BCUT2D eigenvalue weighted by atomic mass is 79.9. The fraction of sp³-hybridized carbons (Fsp3) is 0.0833. The molecule has 0 aliphatic carbocycles. The van der Waals surface area contributed by atoms with E-state index in [1.165, 1.54) is 5.56 Å². The SMILES string of the molecule is Nc1cnccc1SCc1ccccc1Br. The van der Waals surface area contributed by atoms with Gasteiger partial charge in [0.1, 0.15) is 0 Å². The fourth-order valence-corrected chi connectivity index (χ4v) is 2.85. The minimum Gasteiger partial charge on any atom is -0.397 e. The molecule has 0 aliphatic heterocycles. The molecule has 0 amide bonds. The zero-order valence-electron chi connectivity index (χ0n) is 8.56. The topological polar surface area (TPSA) is 38.9 Å². The molecule has 1 aromatic heterocycles. The van der Waals surface area contributed by atoms with Crippen LogP contribution in [0.4, 0.5) is 5.69 Å². The first-order valence-electron chi connectivity index (χ1n) is 4.83. The van der Waals surface area contributed by atoms with Crippen LogP contribution in [-0.2, 0) is 5.75 Å². The number of nitrogen functional groups attached to an aromatic ring is 1. The van der Waals surface area contributed by atoms with Crippen molar-refractivity contribution in [2.24, 2.45) is 0 Å². The highest BCUT2D eigenvalue weighted by Crippen LogP contribution is 2.29. The van der Waals surface area contributed by atoms with Crippen LogP contribution < -0.4 is 5.73 Å². The van der Waals surface area contributed by atoms with Crippen LogP contribution >= 0.6 is 27.7 Å². The summed E-state index contributed by atoms with van der Waals surface area (Å²) in [5, 5.41) is 0. The Morgan fingerprint density at radius 3 is 2.81 bits per heavy atom. The van der Waals surface area contributed by atoms with Gasteiger partial charge in [0.05, 0.1) is 11.9 Å². The number of anilines is 1. The van der Waals surface area contributed by atoms with Crippen molar-refractivity contribution in [1.29, 1.82) is 0 Å². The number of hydrogen-bond acceptors (Lipinski definition) is 3. The van der Waals surface area contributed by atoms with Crippen molar-refractivity contribution >= 4 is 33.4 Å². The first-order valence-corrected chi connectivity index (χ1v) is 6.61. The summed E-state index contributed by atoms with van der Waals surface area (Å²) in [5.41, 5.74) is 7.83.